The van der Waals surface area contributed by atoms with Gasteiger partial charge in [0.25, 0.3) is 0 Å². The maximum atomic E-state index is 5.63. The molecule has 3 N–H and O–H groups in total. The fourth-order valence-corrected chi connectivity index (χ4v) is 1.86. The van der Waals surface area contributed by atoms with Gasteiger partial charge in [0.1, 0.15) is 6.04 Å². The molecule has 2 rings (SSSR count). The Balaban J connectivity index is 2.35. The molecule has 1 unspecified atom stereocenters. The van der Waals surface area contributed by atoms with Crippen LogP contribution in [0.5, 0.6) is 0 Å². The van der Waals surface area contributed by atoms with Crippen LogP contribution in [0.25, 0.3) is 0 Å². The summed E-state index contributed by atoms with van der Waals surface area (Å²) in [7, 11) is 1.88. The molecule has 92 valence electrons. The van der Waals surface area contributed by atoms with Crippen molar-refractivity contribution < 1.29 is 0 Å². The SMILES string of the molecule is CCCn1nncc1C(NN)c1ccnn1C. The lowest BCUT2D eigenvalue weighted by atomic mass is 10.1. The third-order valence-corrected chi connectivity index (χ3v) is 2.70. The summed E-state index contributed by atoms with van der Waals surface area (Å²) < 4.78 is 3.64. The number of hydrogen-bond acceptors (Lipinski definition) is 5. The molecule has 0 amide bonds. The van der Waals surface area contributed by atoms with Crippen molar-refractivity contribution in [1.29, 1.82) is 0 Å². The van der Waals surface area contributed by atoms with E-state index in [1.54, 1.807) is 17.1 Å². The Bertz CT molecular complexity index is 472. The summed E-state index contributed by atoms with van der Waals surface area (Å²) >= 11 is 0. The Morgan fingerprint density at radius 3 is 2.88 bits per heavy atom. The van der Waals surface area contributed by atoms with Crippen molar-refractivity contribution in [3.63, 3.8) is 0 Å². The minimum Gasteiger partial charge on any atom is -0.271 e. The molecule has 0 bridgehead atoms. The van der Waals surface area contributed by atoms with E-state index in [-0.39, 0.29) is 6.04 Å². The summed E-state index contributed by atoms with van der Waals surface area (Å²) in [5.74, 6) is 5.63. The molecular weight excluding hydrogens is 218 g/mol. The number of hydrogen-bond donors (Lipinski definition) is 2. The zero-order valence-electron chi connectivity index (χ0n) is 10.0. The van der Waals surface area contributed by atoms with E-state index in [9.17, 15) is 0 Å². The van der Waals surface area contributed by atoms with Crippen LogP contribution >= 0.6 is 0 Å². The number of nitrogens with zero attached hydrogens (tertiary/aromatic N) is 5. The van der Waals surface area contributed by atoms with Crippen molar-refractivity contribution in [3.05, 3.63) is 29.8 Å². The Hall–Kier alpha value is -1.73. The average Bonchev–Trinajstić information content (AvgIpc) is 2.92. The first kappa shape index (κ1) is 11.7. The molecule has 0 spiro atoms. The van der Waals surface area contributed by atoms with Crippen LogP contribution in [0, 0.1) is 0 Å². The third kappa shape index (κ3) is 2.20. The van der Waals surface area contributed by atoms with Gasteiger partial charge >= 0.3 is 0 Å². The van der Waals surface area contributed by atoms with Crippen molar-refractivity contribution in [2.45, 2.75) is 25.9 Å². The molecule has 0 saturated heterocycles. The van der Waals surface area contributed by atoms with E-state index in [0.29, 0.717) is 0 Å². The second-order valence-corrected chi connectivity index (χ2v) is 3.86. The van der Waals surface area contributed by atoms with Crippen molar-refractivity contribution in [1.82, 2.24) is 30.2 Å². The number of aryl methyl sites for hydroxylation is 2. The van der Waals surface area contributed by atoms with Crippen LogP contribution in [0.3, 0.4) is 0 Å². The molecule has 0 aliphatic carbocycles. The molecule has 7 nitrogen and oxygen atoms in total. The van der Waals surface area contributed by atoms with Crippen LogP contribution in [-0.4, -0.2) is 24.8 Å². The standard InChI is InChI=1S/C10H17N7/c1-3-6-17-9(7-12-15-17)10(14-11)8-4-5-13-16(8)2/h4-5,7,10,14H,3,6,11H2,1-2H3. The second kappa shape index (κ2) is 5.07. The summed E-state index contributed by atoms with van der Waals surface area (Å²) in [4.78, 5) is 0. The molecule has 0 aromatic carbocycles. The summed E-state index contributed by atoms with van der Waals surface area (Å²) in [6.45, 7) is 2.92. The van der Waals surface area contributed by atoms with Gasteiger partial charge < -0.3 is 0 Å². The highest BCUT2D eigenvalue weighted by molar-refractivity contribution is 5.19. The predicted molar refractivity (Wildman–Crippen MR) is 62.7 cm³/mol. The number of hydrazine groups is 1. The molecule has 2 heterocycles. The fraction of sp³-hybridized carbons (Fsp3) is 0.500. The molecular formula is C10H17N7. The molecule has 2 aromatic heterocycles. The summed E-state index contributed by atoms with van der Waals surface area (Å²) in [6, 6.07) is 1.78. The van der Waals surface area contributed by atoms with Gasteiger partial charge in [-0.2, -0.15) is 5.10 Å². The van der Waals surface area contributed by atoms with Crippen LogP contribution in [-0.2, 0) is 13.6 Å². The van der Waals surface area contributed by atoms with Crippen LogP contribution < -0.4 is 11.3 Å². The Morgan fingerprint density at radius 2 is 2.29 bits per heavy atom. The lowest BCUT2D eigenvalue weighted by Gasteiger charge is -2.16. The second-order valence-electron chi connectivity index (χ2n) is 3.86. The fourth-order valence-electron chi connectivity index (χ4n) is 1.86. The van der Waals surface area contributed by atoms with Gasteiger partial charge in [-0.3, -0.25) is 10.5 Å². The van der Waals surface area contributed by atoms with Crippen molar-refractivity contribution in [3.8, 4) is 0 Å². The van der Waals surface area contributed by atoms with Crippen molar-refractivity contribution >= 4 is 0 Å². The first-order valence-electron chi connectivity index (χ1n) is 5.60. The van der Waals surface area contributed by atoms with Gasteiger partial charge in [0.2, 0.25) is 0 Å². The molecule has 2 aromatic rings. The van der Waals surface area contributed by atoms with Crippen LogP contribution in [0.15, 0.2) is 18.5 Å². The molecule has 0 aliphatic rings. The molecule has 0 saturated carbocycles. The minimum absolute atomic E-state index is 0.149. The van der Waals surface area contributed by atoms with Crippen LogP contribution in [0.1, 0.15) is 30.8 Å². The van der Waals surface area contributed by atoms with E-state index in [0.717, 1.165) is 24.4 Å². The molecule has 0 radical (unpaired) electrons. The number of aromatic nitrogens is 5. The maximum absolute atomic E-state index is 5.63. The zero-order chi connectivity index (χ0) is 12.3. The first-order valence-corrected chi connectivity index (χ1v) is 5.60. The van der Waals surface area contributed by atoms with E-state index in [1.165, 1.54) is 0 Å². The van der Waals surface area contributed by atoms with Crippen molar-refractivity contribution in [2.75, 3.05) is 0 Å². The minimum atomic E-state index is -0.149. The predicted octanol–water partition coefficient (Wildman–Crippen LogP) is -0.0257. The van der Waals surface area contributed by atoms with E-state index in [4.69, 9.17) is 5.84 Å². The lowest BCUT2D eigenvalue weighted by molar-refractivity contribution is 0.494. The monoisotopic (exact) mass is 235 g/mol. The molecule has 1 atom stereocenters. The van der Waals surface area contributed by atoms with Gasteiger partial charge in [0.15, 0.2) is 0 Å². The summed E-state index contributed by atoms with van der Waals surface area (Å²) in [5.41, 5.74) is 4.71. The van der Waals surface area contributed by atoms with Gasteiger partial charge in [-0.1, -0.05) is 12.1 Å². The molecule has 7 heteroatoms. The van der Waals surface area contributed by atoms with Crippen LogP contribution in [0.4, 0.5) is 0 Å². The maximum Gasteiger partial charge on any atom is 0.106 e. The van der Waals surface area contributed by atoms with Gasteiger partial charge in [0, 0.05) is 19.8 Å². The first-order chi connectivity index (χ1) is 8.27. The number of nitrogens with two attached hydrogens (primary N) is 1. The number of nitrogens with one attached hydrogen (secondary N) is 1. The summed E-state index contributed by atoms with van der Waals surface area (Å²) in [6.07, 6.45) is 4.47. The normalized spacial score (nSPS) is 12.9. The van der Waals surface area contributed by atoms with Crippen molar-refractivity contribution in [2.24, 2.45) is 12.9 Å². The van der Waals surface area contributed by atoms with Gasteiger partial charge in [-0.05, 0) is 12.5 Å². The summed E-state index contributed by atoms with van der Waals surface area (Å²) in [5, 5.41) is 12.1. The highest BCUT2D eigenvalue weighted by Gasteiger charge is 2.20. The highest BCUT2D eigenvalue weighted by Crippen LogP contribution is 2.19. The van der Waals surface area contributed by atoms with E-state index in [2.05, 4.69) is 27.8 Å². The number of rotatable bonds is 5. The largest absolute Gasteiger partial charge is 0.271 e. The molecule has 0 fully saturated rings. The smallest absolute Gasteiger partial charge is 0.106 e. The van der Waals surface area contributed by atoms with Gasteiger partial charge in [-0.15, -0.1) is 5.10 Å². The Labute approximate surface area is 99.6 Å². The lowest BCUT2D eigenvalue weighted by Crippen LogP contribution is -2.32. The van der Waals surface area contributed by atoms with E-state index < -0.39 is 0 Å². The Kier molecular flexibility index (Phi) is 3.50. The quantitative estimate of drug-likeness (QED) is 0.561. The molecule has 17 heavy (non-hydrogen) atoms. The highest BCUT2D eigenvalue weighted by atomic mass is 15.4. The third-order valence-electron chi connectivity index (χ3n) is 2.70. The molecule has 0 aliphatic heterocycles. The van der Waals surface area contributed by atoms with Gasteiger partial charge in [-0.25, -0.2) is 10.1 Å². The zero-order valence-corrected chi connectivity index (χ0v) is 10.0. The van der Waals surface area contributed by atoms with Gasteiger partial charge in [0.05, 0.1) is 17.6 Å². The Morgan fingerprint density at radius 1 is 1.47 bits per heavy atom. The topological polar surface area (TPSA) is 86.6 Å². The van der Waals surface area contributed by atoms with E-state index >= 15 is 0 Å². The average molecular weight is 235 g/mol. The van der Waals surface area contributed by atoms with E-state index in [1.807, 2.05) is 17.8 Å². The van der Waals surface area contributed by atoms with Crippen LogP contribution in [0.2, 0.25) is 0 Å².